The number of halogens is 1. The number of likely N-dealkylation sites (tertiary alicyclic amines) is 1. The highest BCUT2D eigenvalue weighted by Gasteiger charge is 2.23. The van der Waals surface area contributed by atoms with Crippen molar-refractivity contribution in [3.8, 4) is 0 Å². The molecule has 1 heterocycles. The Bertz CT molecular complexity index is 441. The van der Waals surface area contributed by atoms with Crippen LogP contribution >= 0.6 is 11.6 Å². The molecule has 1 aliphatic heterocycles. The molecule has 1 aromatic carbocycles. The van der Waals surface area contributed by atoms with Crippen LogP contribution in [0.3, 0.4) is 0 Å². The summed E-state index contributed by atoms with van der Waals surface area (Å²) in [7, 11) is 1.69. The molecule has 1 aromatic rings. The van der Waals surface area contributed by atoms with Gasteiger partial charge in [0.05, 0.1) is 6.04 Å². The predicted octanol–water partition coefficient (Wildman–Crippen LogP) is 2.01. The minimum Gasteiger partial charge on any atom is -0.370 e. The molecule has 1 fully saturated rings. The number of hydrogen-bond donors (Lipinski definition) is 2. The van der Waals surface area contributed by atoms with Gasteiger partial charge in [0, 0.05) is 18.6 Å². The lowest BCUT2D eigenvalue weighted by atomic mass is 10.1. The number of nitrogens with one attached hydrogen (secondary N) is 1. The van der Waals surface area contributed by atoms with Crippen molar-refractivity contribution in [3.05, 3.63) is 34.9 Å². The molecule has 3 N–H and O–H groups in total. The zero-order valence-electron chi connectivity index (χ0n) is 11.3. The summed E-state index contributed by atoms with van der Waals surface area (Å²) < 4.78 is 0. The first kappa shape index (κ1) is 14.2. The van der Waals surface area contributed by atoms with Crippen molar-refractivity contribution >= 4 is 17.6 Å². The summed E-state index contributed by atoms with van der Waals surface area (Å²) in [6.07, 6.45) is 2.52. The summed E-state index contributed by atoms with van der Waals surface area (Å²) in [5.74, 6) is 0.478. The van der Waals surface area contributed by atoms with E-state index in [0.717, 1.165) is 24.7 Å². The number of aliphatic imine (C=N–C) groups is 1. The van der Waals surface area contributed by atoms with E-state index in [0.29, 0.717) is 12.0 Å². The molecule has 0 aromatic heterocycles. The minimum atomic E-state index is 0.293. The molecule has 4 nitrogen and oxygen atoms in total. The Morgan fingerprint density at radius 1 is 1.47 bits per heavy atom. The number of rotatable bonds is 4. The molecule has 5 heteroatoms. The van der Waals surface area contributed by atoms with E-state index in [1.165, 1.54) is 18.4 Å². The quantitative estimate of drug-likeness (QED) is 0.655. The third-order valence-corrected chi connectivity index (χ3v) is 3.77. The summed E-state index contributed by atoms with van der Waals surface area (Å²) in [6.45, 7) is 3.01. The van der Waals surface area contributed by atoms with Gasteiger partial charge in [-0.25, -0.2) is 0 Å². The molecule has 0 spiro atoms. The smallest absolute Gasteiger partial charge is 0.188 e. The SMILES string of the molecule is CN=C(N)NCC(c1cccc(Cl)c1)N1CCCC1. The van der Waals surface area contributed by atoms with Crippen LogP contribution in [0, 0.1) is 0 Å². The monoisotopic (exact) mass is 280 g/mol. The molecule has 0 aliphatic carbocycles. The van der Waals surface area contributed by atoms with Crippen LogP contribution in [0.5, 0.6) is 0 Å². The molecule has 0 bridgehead atoms. The average Bonchev–Trinajstić information content (AvgIpc) is 2.93. The van der Waals surface area contributed by atoms with E-state index in [2.05, 4.69) is 21.3 Å². The summed E-state index contributed by atoms with van der Waals surface area (Å²) in [5.41, 5.74) is 6.95. The van der Waals surface area contributed by atoms with Gasteiger partial charge in [-0.3, -0.25) is 9.89 Å². The lowest BCUT2D eigenvalue weighted by Crippen LogP contribution is -2.39. The van der Waals surface area contributed by atoms with E-state index in [-0.39, 0.29) is 0 Å². The van der Waals surface area contributed by atoms with Crippen molar-refractivity contribution in [1.82, 2.24) is 10.2 Å². The van der Waals surface area contributed by atoms with Crippen molar-refractivity contribution < 1.29 is 0 Å². The standard InChI is InChI=1S/C14H21ClN4/c1-17-14(16)18-10-13(19-7-2-3-8-19)11-5-4-6-12(15)9-11/h4-6,9,13H,2-3,7-8,10H2,1H3,(H3,16,17,18). The molecule has 0 radical (unpaired) electrons. The molecule has 0 amide bonds. The summed E-state index contributed by atoms with van der Waals surface area (Å²) in [4.78, 5) is 6.41. The van der Waals surface area contributed by atoms with Crippen molar-refractivity contribution in [1.29, 1.82) is 0 Å². The first-order chi connectivity index (χ1) is 9.20. The van der Waals surface area contributed by atoms with Gasteiger partial charge in [-0.2, -0.15) is 0 Å². The van der Waals surface area contributed by atoms with Gasteiger partial charge >= 0.3 is 0 Å². The lowest BCUT2D eigenvalue weighted by molar-refractivity contribution is 0.245. The highest BCUT2D eigenvalue weighted by atomic mass is 35.5. The Morgan fingerprint density at radius 3 is 2.84 bits per heavy atom. The van der Waals surface area contributed by atoms with Gasteiger partial charge in [0.2, 0.25) is 0 Å². The maximum absolute atomic E-state index is 6.10. The van der Waals surface area contributed by atoms with Crippen molar-refractivity contribution in [2.45, 2.75) is 18.9 Å². The van der Waals surface area contributed by atoms with E-state index in [4.69, 9.17) is 17.3 Å². The molecular weight excluding hydrogens is 260 g/mol. The molecule has 19 heavy (non-hydrogen) atoms. The average molecular weight is 281 g/mol. The van der Waals surface area contributed by atoms with Gasteiger partial charge < -0.3 is 11.1 Å². The topological polar surface area (TPSA) is 53.6 Å². The second-order valence-electron chi connectivity index (χ2n) is 4.80. The molecular formula is C14H21ClN4. The van der Waals surface area contributed by atoms with Crippen LogP contribution < -0.4 is 11.1 Å². The third kappa shape index (κ3) is 3.85. The molecule has 2 rings (SSSR count). The van der Waals surface area contributed by atoms with Gasteiger partial charge in [-0.15, -0.1) is 0 Å². The van der Waals surface area contributed by atoms with Crippen LogP contribution in [0.25, 0.3) is 0 Å². The molecule has 1 saturated heterocycles. The van der Waals surface area contributed by atoms with E-state index < -0.39 is 0 Å². The fourth-order valence-corrected chi connectivity index (χ4v) is 2.70. The maximum atomic E-state index is 6.10. The predicted molar refractivity (Wildman–Crippen MR) is 80.5 cm³/mol. The zero-order valence-corrected chi connectivity index (χ0v) is 12.0. The first-order valence-corrected chi connectivity index (χ1v) is 7.04. The van der Waals surface area contributed by atoms with Crippen LogP contribution in [0.1, 0.15) is 24.4 Å². The normalized spacial score (nSPS) is 18.5. The van der Waals surface area contributed by atoms with Crippen LogP contribution in [0.2, 0.25) is 5.02 Å². The summed E-state index contributed by atoms with van der Waals surface area (Å²) in [5, 5.41) is 3.95. The summed E-state index contributed by atoms with van der Waals surface area (Å²) >= 11 is 6.10. The Hall–Kier alpha value is -1.26. The third-order valence-electron chi connectivity index (χ3n) is 3.53. The Balaban J connectivity index is 2.13. The Morgan fingerprint density at radius 2 is 2.21 bits per heavy atom. The van der Waals surface area contributed by atoms with Crippen LogP contribution in [0.15, 0.2) is 29.3 Å². The van der Waals surface area contributed by atoms with Gasteiger partial charge in [-0.1, -0.05) is 23.7 Å². The van der Waals surface area contributed by atoms with Crippen molar-refractivity contribution in [2.75, 3.05) is 26.7 Å². The van der Waals surface area contributed by atoms with Gasteiger partial charge in [-0.05, 0) is 43.6 Å². The highest BCUT2D eigenvalue weighted by Crippen LogP contribution is 2.26. The van der Waals surface area contributed by atoms with Crippen LogP contribution in [0.4, 0.5) is 0 Å². The number of nitrogens with two attached hydrogens (primary N) is 1. The van der Waals surface area contributed by atoms with Crippen molar-refractivity contribution in [2.24, 2.45) is 10.7 Å². The molecule has 104 valence electrons. The molecule has 0 saturated carbocycles. The van der Waals surface area contributed by atoms with Crippen LogP contribution in [-0.4, -0.2) is 37.5 Å². The largest absolute Gasteiger partial charge is 0.370 e. The molecule has 1 aliphatic rings. The van der Waals surface area contributed by atoms with Gasteiger partial charge in [0.25, 0.3) is 0 Å². The number of benzene rings is 1. The molecule has 1 atom stereocenters. The molecule has 1 unspecified atom stereocenters. The maximum Gasteiger partial charge on any atom is 0.188 e. The van der Waals surface area contributed by atoms with Gasteiger partial charge in [0.15, 0.2) is 5.96 Å². The first-order valence-electron chi connectivity index (χ1n) is 6.66. The lowest BCUT2D eigenvalue weighted by Gasteiger charge is -2.28. The highest BCUT2D eigenvalue weighted by molar-refractivity contribution is 6.30. The second-order valence-corrected chi connectivity index (χ2v) is 5.24. The minimum absolute atomic E-state index is 0.293. The Labute approximate surface area is 119 Å². The fourth-order valence-electron chi connectivity index (χ4n) is 2.51. The number of hydrogen-bond acceptors (Lipinski definition) is 2. The van der Waals surface area contributed by atoms with E-state index in [1.54, 1.807) is 7.05 Å². The second kappa shape index (κ2) is 6.78. The zero-order chi connectivity index (χ0) is 13.7. The van der Waals surface area contributed by atoms with Gasteiger partial charge in [0.1, 0.15) is 0 Å². The van der Waals surface area contributed by atoms with Crippen LogP contribution in [-0.2, 0) is 0 Å². The van der Waals surface area contributed by atoms with Crippen molar-refractivity contribution in [3.63, 3.8) is 0 Å². The van der Waals surface area contributed by atoms with E-state index >= 15 is 0 Å². The van der Waals surface area contributed by atoms with E-state index in [1.807, 2.05) is 18.2 Å². The fraction of sp³-hybridized carbons (Fsp3) is 0.500. The van der Waals surface area contributed by atoms with E-state index in [9.17, 15) is 0 Å². The number of guanidine groups is 1. The summed E-state index contributed by atoms with van der Waals surface area (Å²) in [6, 6.07) is 8.35. The Kier molecular flexibility index (Phi) is 5.05. The number of nitrogens with zero attached hydrogens (tertiary/aromatic N) is 2.